The van der Waals surface area contributed by atoms with Crippen LogP contribution in [0.2, 0.25) is 0 Å². The number of carbonyl (C=O) groups excluding carboxylic acids is 2. The van der Waals surface area contributed by atoms with Crippen LogP contribution in [0.3, 0.4) is 0 Å². The first-order valence-corrected chi connectivity index (χ1v) is 12.0. The van der Waals surface area contributed by atoms with Crippen molar-refractivity contribution in [3.05, 3.63) is 28.2 Å². The van der Waals surface area contributed by atoms with Crippen LogP contribution in [0.5, 0.6) is 5.75 Å². The molecule has 0 aliphatic carbocycles. The summed E-state index contributed by atoms with van der Waals surface area (Å²) in [5.41, 5.74) is -2.36. The molecule has 0 radical (unpaired) electrons. The summed E-state index contributed by atoms with van der Waals surface area (Å²) in [7, 11) is 0. The summed E-state index contributed by atoms with van der Waals surface area (Å²) in [6.07, 6.45) is -2.09. The molecule has 186 valence electrons. The van der Waals surface area contributed by atoms with Gasteiger partial charge in [-0.05, 0) is 66.7 Å². The van der Waals surface area contributed by atoms with Crippen LogP contribution < -0.4 is 4.74 Å². The molecule has 0 saturated carbocycles. The number of benzene rings is 1. The third-order valence-electron chi connectivity index (χ3n) is 6.05. The molecule has 34 heavy (non-hydrogen) atoms. The Morgan fingerprint density at radius 3 is 2.15 bits per heavy atom. The second-order valence-corrected chi connectivity index (χ2v) is 11.8. The molecule has 10 heteroatoms. The zero-order valence-electron chi connectivity index (χ0n) is 20.6. The van der Waals surface area contributed by atoms with Crippen molar-refractivity contribution in [2.45, 2.75) is 71.3 Å². The minimum Gasteiger partial charge on any atom is -0.489 e. The van der Waals surface area contributed by atoms with Crippen LogP contribution in [0.25, 0.3) is 0 Å². The lowest BCUT2D eigenvalue weighted by atomic mass is 9.60. The van der Waals surface area contributed by atoms with Crippen LogP contribution in [0.15, 0.2) is 27.7 Å². The molecule has 4 rings (SSSR count). The molecule has 1 aromatic rings. The van der Waals surface area contributed by atoms with Gasteiger partial charge in [0.2, 0.25) is 0 Å². The Hall–Kier alpha value is -2.33. The highest BCUT2D eigenvalue weighted by atomic mass is 79.9. The van der Waals surface area contributed by atoms with Gasteiger partial charge < -0.3 is 23.7 Å². The van der Waals surface area contributed by atoms with E-state index in [0.29, 0.717) is 19.0 Å². The number of carbonyl (C=O) groups is 2. The number of hydrogen-bond donors (Lipinski definition) is 0. The average molecular weight is 539 g/mol. The number of nitrogens with zero attached hydrogens (tertiary/aromatic N) is 2. The van der Waals surface area contributed by atoms with E-state index in [2.05, 4.69) is 15.9 Å². The van der Waals surface area contributed by atoms with E-state index in [9.17, 15) is 9.59 Å². The van der Waals surface area contributed by atoms with Gasteiger partial charge in [0.25, 0.3) is 0 Å². The highest BCUT2D eigenvalue weighted by Gasteiger charge is 2.67. The van der Waals surface area contributed by atoms with E-state index in [4.69, 9.17) is 28.7 Å². The van der Waals surface area contributed by atoms with E-state index in [1.807, 2.05) is 25.1 Å². The number of amidine groups is 1. The van der Waals surface area contributed by atoms with Gasteiger partial charge in [0, 0.05) is 10.0 Å². The summed E-state index contributed by atoms with van der Waals surface area (Å²) in [4.78, 5) is 31.9. The van der Waals surface area contributed by atoms with Gasteiger partial charge in [-0.15, -0.1) is 4.90 Å². The number of rotatable bonds is 0. The molecule has 0 bridgehead atoms. The van der Waals surface area contributed by atoms with Gasteiger partial charge in [0.1, 0.15) is 35.2 Å². The Kier molecular flexibility index (Phi) is 5.92. The molecule has 9 nitrogen and oxygen atoms in total. The summed E-state index contributed by atoms with van der Waals surface area (Å²) in [5, 5.41) is 0. The first-order valence-electron chi connectivity index (χ1n) is 11.2. The van der Waals surface area contributed by atoms with Crippen LogP contribution in [0.4, 0.5) is 9.59 Å². The Morgan fingerprint density at radius 1 is 1.06 bits per heavy atom. The largest absolute Gasteiger partial charge is 0.489 e. The second kappa shape index (κ2) is 8.12. The van der Waals surface area contributed by atoms with Crippen LogP contribution in [-0.2, 0) is 24.5 Å². The van der Waals surface area contributed by atoms with Crippen molar-refractivity contribution in [2.75, 3.05) is 19.8 Å². The van der Waals surface area contributed by atoms with Gasteiger partial charge in [0.05, 0.1) is 18.6 Å². The predicted octanol–water partition coefficient (Wildman–Crippen LogP) is 5.00. The van der Waals surface area contributed by atoms with Gasteiger partial charge in [-0.2, -0.15) is 0 Å². The molecule has 2 amide bonds. The lowest BCUT2D eigenvalue weighted by Gasteiger charge is -2.56. The number of aliphatic imine (C=N–C) groups is 1. The van der Waals surface area contributed by atoms with E-state index in [-0.39, 0.29) is 18.7 Å². The van der Waals surface area contributed by atoms with Crippen molar-refractivity contribution in [2.24, 2.45) is 10.4 Å². The van der Waals surface area contributed by atoms with Crippen LogP contribution >= 0.6 is 15.9 Å². The average Bonchev–Trinajstić information content (AvgIpc) is 3.04. The standard InChI is InChI=1S/C24H31BrN2O7/c1-14-23(11-30-12-23)24(16-10-15(25)8-9-17(16)32-14)13-31-18(26-24)27(19(28)33-21(2,3)4)20(29)34-22(5,6)7/h8-10,14H,11-13H2,1-7H3/t14-,24+/m1/s1. The van der Waals surface area contributed by atoms with Crippen molar-refractivity contribution in [1.29, 1.82) is 0 Å². The summed E-state index contributed by atoms with van der Waals surface area (Å²) >= 11 is 3.54. The number of hydrogen-bond acceptors (Lipinski definition) is 8. The molecule has 1 saturated heterocycles. The van der Waals surface area contributed by atoms with Crippen LogP contribution in [0.1, 0.15) is 54.0 Å². The zero-order valence-corrected chi connectivity index (χ0v) is 22.1. The third kappa shape index (κ3) is 4.15. The topological polar surface area (TPSA) is 95.9 Å². The summed E-state index contributed by atoms with van der Waals surface area (Å²) in [6.45, 7) is 13.2. The molecule has 1 fully saturated rings. The fourth-order valence-corrected chi connectivity index (χ4v) is 4.74. The monoisotopic (exact) mass is 538 g/mol. The molecular weight excluding hydrogens is 508 g/mol. The Morgan fingerprint density at radius 2 is 1.65 bits per heavy atom. The minimum atomic E-state index is -0.931. The Labute approximate surface area is 207 Å². The predicted molar refractivity (Wildman–Crippen MR) is 127 cm³/mol. The van der Waals surface area contributed by atoms with Gasteiger partial charge in [-0.25, -0.2) is 14.6 Å². The number of ether oxygens (including phenoxy) is 5. The van der Waals surface area contributed by atoms with Gasteiger partial charge in [0.15, 0.2) is 0 Å². The lowest BCUT2D eigenvalue weighted by molar-refractivity contribution is -0.211. The number of fused-ring (bicyclic) bond motifs is 3. The molecule has 2 atom stereocenters. The molecule has 1 aromatic carbocycles. The van der Waals surface area contributed by atoms with Crippen molar-refractivity contribution in [1.82, 2.24) is 4.90 Å². The van der Waals surface area contributed by atoms with E-state index >= 15 is 0 Å². The SMILES string of the molecule is C[C@H]1Oc2ccc(Br)cc2[C@@]2(COC(N(C(=O)OC(C)(C)C)C(=O)OC(C)(C)C)=N2)C12COC2. The van der Waals surface area contributed by atoms with E-state index in [0.717, 1.165) is 14.9 Å². The number of imide groups is 1. The molecule has 0 aromatic heterocycles. The first kappa shape index (κ1) is 24.8. The van der Waals surface area contributed by atoms with E-state index in [1.54, 1.807) is 41.5 Å². The second-order valence-electron chi connectivity index (χ2n) is 10.9. The molecule has 2 spiro atoms. The molecule has 3 aliphatic rings. The van der Waals surface area contributed by atoms with Crippen molar-refractivity contribution >= 4 is 34.1 Å². The van der Waals surface area contributed by atoms with E-state index < -0.39 is 34.3 Å². The highest BCUT2D eigenvalue weighted by molar-refractivity contribution is 9.10. The minimum absolute atomic E-state index is 0.102. The Bertz CT molecular complexity index is 1010. The smallest absolute Gasteiger partial charge is 0.428 e. The normalized spacial score (nSPS) is 24.9. The molecular formula is C24H31BrN2O7. The van der Waals surface area contributed by atoms with Gasteiger partial charge >= 0.3 is 18.2 Å². The quantitative estimate of drug-likeness (QED) is 0.458. The number of amides is 2. The molecule has 0 unspecified atom stereocenters. The summed E-state index contributed by atoms with van der Waals surface area (Å²) in [6, 6.07) is 5.53. The third-order valence-corrected chi connectivity index (χ3v) is 6.55. The molecule has 3 aliphatic heterocycles. The summed E-state index contributed by atoms with van der Waals surface area (Å²) in [5.74, 6) is 0.669. The Balaban J connectivity index is 1.83. The lowest BCUT2D eigenvalue weighted by Crippen LogP contribution is -2.66. The van der Waals surface area contributed by atoms with Gasteiger partial charge in [-0.3, -0.25) is 0 Å². The molecule has 0 N–H and O–H groups in total. The van der Waals surface area contributed by atoms with E-state index in [1.165, 1.54) is 0 Å². The van der Waals surface area contributed by atoms with Gasteiger partial charge in [-0.1, -0.05) is 15.9 Å². The van der Waals surface area contributed by atoms with Crippen molar-refractivity contribution < 1.29 is 33.3 Å². The highest BCUT2D eigenvalue weighted by Crippen LogP contribution is 2.59. The maximum Gasteiger partial charge on any atom is 0.428 e. The summed E-state index contributed by atoms with van der Waals surface area (Å²) < 4.78 is 29.7. The van der Waals surface area contributed by atoms with Crippen molar-refractivity contribution in [3.63, 3.8) is 0 Å². The maximum atomic E-state index is 13.1. The fourth-order valence-electron chi connectivity index (χ4n) is 4.38. The molecule has 3 heterocycles. The number of halogens is 1. The van der Waals surface area contributed by atoms with Crippen molar-refractivity contribution in [3.8, 4) is 5.75 Å². The first-order chi connectivity index (χ1) is 15.7. The zero-order chi connectivity index (χ0) is 25.1. The fraction of sp³-hybridized carbons (Fsp3) is 0.625. The van der Waals surface area contributed by atoms with Crippen LogP contribution in [0, 0.1) is 5.41 Å². The van der Waals surface area contributed by atoms with Crippen LogP contribution in [-0.4, -0.2) is 60.2 Å². The maximum absolute atomic E-state index is 13.1.